The first-order valence-corrected chi connectivity index (χ1v) is 6.62. The molecule has 16 heavy (non-hydrogen) atoms. The maximum atomic E-state index is 5.13. The van der Waals surface area contributed by atoms with Gasteiger partial charge in [-0.3, -0.25) is 0 Å². The summed E-state index contributed by atoms with van der Waals surface area (Å²) < 4.78 is 5.13. The van der Waals surface area contributed by atoms with Crippen LogP contribution >= 0.6 is 0 Å². The van der Waals surface area contributed by atoms with E-state index in [0.29, 0.717) is 6.04 Å². The van der Waals surface area contributed by atoms with Gasteiger partial charge in [0.2, 0.25) is 0 Å². The molecule has 0 aliphatic carbocycles. The second kappa shape index (κ2) is 11.4. The third-order valence-electron chi connectivity index (χ3n) is 3.01. The predicted octanol–water partition coefficient (Wildman–Crippen LogP) is 2.12. The zero-order valence-electron chi connectivity index (χ0n) is 11.6. The molecule has 0 bridgehead atoms. The highest BCUT2D eigenvalue weighted by molar-refractivity contribution is 4.63. The van der Waals surface area contributed by atoms with Crippen LogP contribution in [0.25, 0.3) is 0 Å². The van der Waals surface area contributed by atoms with Crippen LogP contribution in [0.3, 0.4) is 0 Å². The Kier molecular flexibility index (Phi) is 11.3. The maximum absolute atomic E-state index is 5.13. The Balaban J connectivity index is 3.23. The quantitative estimate of drug-likeness (QED) is 0.550. The second-order valence-corrected chi connectivity index (χ2v) is 4.60. The van der Waals surface area contributed by atoms with Crippen LogP contribution in [0.2, 0.25) is 0 Å². The molecule has 0 aliphatic heterocycles. The van der Waals surface area contributed by atoms with Crippen LogP contribution in [0.15, 0.2) is 0 Å². The van der Waals surface area contributed by atoms with Gasteiger partial charge in [0, 0.05) is 26.2 Å². The number of nitrogens with one attached hydrogen (secondary N) is 1. The molecule has 0 heterocycles. The van der Waals surface area contributed by atoms with Crippen LogP contribution in [-0.2, 0) is 4.74 Å². The van der Waals surface area contributed by atoms with E-state index in [1.807, 2.05) is 0 Å². The van der Waals surface area contributed by atoms with Crippen molar-refractivity contribution in [1.82, 2.24) is 10.2 Å². The Morgan fingerprint density at radius 2 is 1.94 bits per heavy atom. The summed E-state index contributed by atoms with van der Waals surface area (Å²) in [5.41, 5.74) is 0. The number of nitrogens with zero attached hydrogens (tertiary/aromatic N) is 1. The molecular weight excluding hydrogens is 200 g/mol. The molecule has 0 saturated carbocycles. The highest BCUT2D eigenvalue weighted by Crippen LogP contribution is 1.97. The van der Waals surface area contributed by atoms with Gasteiger partial charge >= 0.3 is 0 Å². The highest BCUT2D eigenvalue weighted by Gasteiger charge is 2.07. The molecular formula is C13H30N2O. The molecule has 0 saturated heterocycles. The number of hydrogen-bond donors (Lipinski definition) is 1. The lowest BCUT2D eigenvalue weighted by Gasteiger charge is -2.23. The predicted molar refractivity (Wildman–Crippen MR) is 71.0 cm³/mol. The van der Waals surface area contributed by atoms with Crippen molar-refractivity contribution in [2.45, 2.75) is 45.6 Å². The lowest BCUT2D eigenvalue weighted by Crippen LogP contribution is -2.37. The molecule has 98 valence electrons. The van der Waals surface area contributed by atoms with Crippen molar-refractivity contribution in [2.75, 3.05) is 40.4 Å². The van der Waals surface area contributed by atoms with E-state index in [1.165, 1.54) is 25.7 Å². The Labute approximate surface area is 102 Å². The van der Waals surface area contributed by atoms with Gasteiger partial charge in [-0.1, -0.05) is 26.2 Å². The van der Waals surface area contributed by atoms with E-state index in [1.54, 1.807) is 7.11 Å². The normalized spacial score (nSPS) is 13.3. The lowest BCUT2D eigenvalue weighted by molar-refractivity contribution is 0.116. The monoisotopic (exact) mass is 230 g/mol. The van der Waals surface area contributed by atoms with Gasteiger partial charge in [0.15, 0.2) is 0 Å². The molecule has 0 aromatic carbocycles. The van der Waals surface area contributed by atoms with Crippen molar-refractivity contribution in [2.24, 2.45) is 0 Å². The minimum atomic E-state index is 0.506. The smallest absolute Gasteiger partial charge is 0.0615 e. The fraction of sp³-hybridized carbons (Fsp3) is 1.00. The van der Waals surface area contributed by atoms with Crippen LogP contribution in [0.1, 0.15) is 39.5 Å². The SMILES string of the molecule is CCCCCCNCCN(C)C(C)COC. The summed E-state index contributed by atoms with van der Waals surface area (Å²) >= 11 is 0. The Morgan fingerprint density at radius 3 is 2.56 bits per heavy atom. The Morgan fingerprint density at radius 1 is 1.19 bits per heavy atom. The summed E-state index contributed by atoms with van der Waals surface area (Å²) in [7, 11) is 3.92. The van der Waals surface area contributed by atoms with E-state index >= 15 is 0 Å². The van der Waals surface area contributed by atoms with Gasteiger partial charge in [-0.15, -0.1) is 0 Å². The maximum Gasteiger partial charge on any atom is 0.0615 e. The second-order valence-electron chi connectivity index (χ2n) is 4.60. The van der Waals surface area contributed by atoms with E-state index in [2.05, 4.69) is 31.1 Å². The van der Waals surface area contributed by atoms with Gasteiger partial charge < -0.3 is 15.0 Å². The topological polar surface area (TPSA) is 24.5 Å². The molecule has 0 fully saturated rings. The summed E-state index contributed by atoms with van der Waals surface area (Å²) in [6.07, 6.45) is 5.36. The molecule has 0 radical (unpaired) electrons. The third-order valence-corrected chi connectivity index (χ3v) is 3.01. The highest BCUT2D eigenvalue weighted by atomic mass is 16.5. The molecule has 1 atom stereocenters. The molecule has 0 rings (SSSR count). The van der Waals surface area contributed by atoms with Crippen molar-refractivity contribution in [1.29, 1.82) is 0 Å². The Hall–Kier alpha value is -0.120. The fourth-order valence-electron chi connectivity index (χ4n) is 1.65. The Bertz CT molecular complexity index is 142. The standard InChI is InChI=1S/C13H30N2O/c1-5-6-7-8-9-14-10-11-15(3)13(2)12-16-4/h13-14H,5-12H2,1-4H3. The molecule has 3 nitrogen and oxygen atoms in total. The first-order chi connectivity index (χ1) is 7.72. The molecule has 0 aliphatic rings. The van der Waals surface area contributed by atoms with Gasteiger partial charge in [-0.2, -0.15) is 0 Å². The summed E-state index contributed by atoms with van der Waals surface area (Å²) in [5.74, 6) is 0. The number of ether oxygens (including phenoxy) is 1. The van der Waals surface area contributed by atoms with Crippen LogP contribution in [0.4, 0.5) is 0 Å². The van der Waals surface area contributed by atoms with E-state index in [4.69, 9.17) is 4.74 Å². The molecule has 0 amide bonds. The minimum Gasteiger partial charge on any atom is -0.383 e. The fourth-order valence-corrected chi connectivity index (χ4v) is 1.65. The van der Waals surface area contributed by atoms with E-state index < -0.39 is 0 Å². The molecule has 1 unspecified atom stereocenters. The number of unbranched alkanes of at least 4 members (excludes halogenated alkanes) is 3. The molecule has 0 spiro atoms. The number of methoxy groups -OCH3 is 1. The van der Waals surface area contributed by atoms with Crippen LogP contribution in [0.5, 0.6) is 0 Å². The largest absolute Gasteiger partial charge is 0.383 e. The van der Waals surface area contributed by atoms with Crippen molar-refractivity contribution in [3.05, 3.63) is 0 Å². The van der Waals surface area contributed by atoms with Crippen LogP contribution in [-0.4, -0.2) is 51.3 Å². The summed E-state index contributed by atoms with van der Waals surface area (Å²) in [6, 6.07) is 0.506. The van der Waals surface area contributed by atoms with Gasteiger partial charge in [-0.25, -0.2) is 0 Å². The number of rotatable bonds is 11. The van der Waals surface area contributed by atoms with E-state index in [9.17, 15) is 0 Å². The van der Waals surface area contributed by atoms with Gasteiger partial charge in [0.05, 0.1) is 6.61 Å². The first kappa shape index (κ1) is 15.9. The van der Waals surface area contributed by atoms with Crippen molar-refractivity contribution in [3.8, 4) is 0 Å². The van der Waals surface area contributed by atoms with Crippen LogP contribution < -0.4 is 5.32 Å². The molecule has 1 N–H and O–H groups in total. The summed E-state index contributed by atoms with van der Waals surface area (Å²) in [4.78, 5) is 2.34. The summed E-state index contributed by atoms with van der Waals surface area (Å²) in [5, 5.41) is 3.49. The first-order valence-electron chi connectivity index (χ1n) is 6.62. The zero-order chi connectivity index (χ0) is 12.2. The summed E-state index contributed by atoms with van der Waals surface area (Å²) in [6.45, 7) is 8.60. The molecule has 0 aromatic rings. The lowest BCUT2D eigenvalue weighted by atomic mass is 10.2. The van der Waals surface area contributed by atoms with Crippen molar-refractivity contribution >= 4 is 0 Å². The van der Waals surface area contributed by atoms with E-state index in [0.717, 1.165) is 26.2 Å². The number of hydrogen-bond acceptors (Lipinski definition) is 3. The molecule has 3 heteroatoms. The minimum absolute atomic E-state index is 0.506. The van der Waals surface area contributed by atoms with Gasteiger partial charge in [0.25, 0.3) is 0 Å². The van der Waals surface area contributed by atoms with Crippen molar-refractivity contribution < 1.29 is 4.74 Å². The van der Waals surface area contributed by atoms with E-state index in [-0.39, 0.29) is 0 Å². The van der Waals surface area contributed by atoms with Gasteiger partial charge in [-0.05, 0) is 26.9 Å². The van der Waals surface area contributed by atoms with Crippen molar-refractivity contribution in [3.63, 3.8) is 0 Å². The van der Waals surface area contributed by atoms with Gasteiger partial charge in [0.1, 0.15) is 0 Å². The number of likely N-dealkylation sites (N-methyl/N-ethyl adjacent to an activating group) is 1. The third kappa shape index (κ3) is 9.13. The molecule has 0 aromatic heterocycles. The average molecular weight is 230 g/mol. The zero-order valence-corrected chi connectivity index (χ0v) is 11.6. The van der Waals surface area contributed by atoms with Crippen LogP contribution in [0, 0.1) is 0 Å². The average Bonchev–Trinajstić information content (AvgIpc) is 2.28.